The summed E-state index contributed by atoms with van der Waals surface area (Å²) < 4.78 is 12.9. The molecule has 2 nitrogen and oxygen atoms in total. The lowest BCUT2D eigenvalue weighted by Gasteiger charge is -2.08. The van der Waals surface area contributed by atoms with E-state index in [1.165, 1.54) is 11.6 Å². The Balaban J connectivity index is 1.90. The van der Waals surface area contributed by atoms with E-state index in [2.05, 4.69) is 5.32 Å². The van der Waals surface area contributed by atoms with E-state index in [-0.39, 0.29) is 5.82 Å². The van der Waals surface area contributed by atoms with E-state index < -0.39 is 0 Å². The van der Waals surface area contributed by atoms with Crippen molar-refractivity contribution in [2.45, 2.75) is 13.3 Å². The van der Waals surface area contributed by atoms with Crippen molar-refractivity contribution in [1.29, 1.82) is 0 Å². The average molecular weight is 244 g/mol. The molecule has 2 rings (SSSR count). The van der Waals surface area contributed by atoms with Crippen molar-refractivity contribution in [3.8, 4) is 0 Å². The Hall–Kier alpha value is -2.03. The second kappa shape index (κ2) is 5.54. The monoisotopic (exact) mass is 244 g/mol. The van der Waals surface area contributed by atoms with Crippen LogP contribution in [0.3, 0.4) is 0 Å². The summed E-state index contributed by atoms with van der Waals surface area (Å²) in [6, 6.07) is 12.6. The molecule has 0 fully saturated rings. The van der Waals surface area contributed by atoms with Crippen LogP contribution in [-0.4, -0.2) is 6.54 Å². The highest BCUT2D eigenvalue weighted by Gasteiger charge is 2.00. The fourth-order valence-corrected chi connectivity index (χ4v) is 1.88. The van der Waals surface area contributed by atoms with Gasteiger partial charge in [0.1, 0.15) is 5.82 Å². The minimum atomic E-state index is -0.178. The lowest BCUT2D eigenvalue weighted by molar-refractivity contribution is 0.625. The Morgan fingerprint density at radius 3 is 2.50 bits per heavy atom. The van der Waals surface area contributed by atoms with Gasteiger partial charge >= 0.3 is 0 Å². The van der Waals surface area contributed by atoms with Crippen LogP contribution >= 0.6 is 0 Å². The molecule has 0 bridgehead atoms. The molecule has 0 aliphatic carbocycles. The summed E-state index contributed by atoms with van der Waals surface area (Å²) in [6.07, 6.45) is 0.872. The van der Waals surface area contributed by atoms with Crippen molar-refractivity contribution in [2.75, 3.05) is 17.6 Å². The van der Waals surface area contributed by atoms with E-state index >= 15 is 0 Å². The van der Waals surface area contributed by atoms with E-state index in [9.17, 15) is 4.39 Å². The molecular weight excluding hydrogens is 227 g/mol. The molecule has 18 heavy (non-hydrogen) atoms. The molecule has 2 aromatic carbocycles. The molecule has 3 N–H and O–H groups in total. The van der Waals surface area contributed by atoms with Crippen LogP contribution in [0.2, 0.25) is 0 Å². The predicted molar refractivity (Wildman–Crippen MR) is 74.2 cm³/mol. The number of aryl methyl sites for hydroxylation is 1. The number of nitrogen functional groups attached to an aromatic ring is 1. The minimum Gasteiger partial charge on any atom is -0.399 e. The molecule has 3 heteroatoms. The van der Waals surface area contributed by atoms with E-state index in [1.807, 2.05) is 37.3 Å². The van der Waals surface area contributed by atoms with Crippen LogP contribution in [0, 0.1) is 12.7 Å². The molecule has 0 aliphatic heterocycles. The Morgan fingerprint density at radius 1 is 1.11 bits per heavy atom. The third-order valence-electron chi connectivity index (χ3n) is 2.94. The van der Waals surface area contributed by atoms with Crippen LogP contribution < -0.4 is 11.1 Å². The average Bonchev–Trinajstić information content (AvgIpc) is 2.34. The second-order valence-corrected chi connectivity index (χ2v) is 4.37. The largest absolute Gasteiger partial charge is 0.399 e. The summed E-state index contributed by atoms with van der Waals surface area (Å²) >= 11 is 0. The van der Waals surface area contributed by atoms with Gasteiger partial charge < -0.3 is 11.1 Å². The number of benzene rings is 2. The fraction of sp³-hybridized carbons (Fsp3) is 0.200. The van der Waals surface area contributed by atoms with Gasteiger partial charge in [0.05, 0.1) is 0 Å². The zero-order chi connectivity index (χ0) is 13.0. The van der Waals surface area contributed by atoms with E-state index in [4.69, 9.17) is 5.73 Å². The molecule has 0 saturated carbocycles. The molecule has 0 aliphatic rings. The summed E-state index contributed by atoms with van der Waals surface area (Å²) in [4.78, 5) is 0. The maximum Gasteiger partial charge on any atom is 0.123 e. The Kier molecular flexibility index (Phi) is 3.82. The second-order valence-electron chi connectivity index (χ2n) is 4.37. The summed E-state index contributed by atoms with van der Waals surface area (Å²) in [5.74, 6) is -0.178. The highest BCUT2D eigenvalue weighted by molar-refractivity contribution is 5.51. The normalized spacial score (nSPS) is 10.3. The maximum absolute atomic E-state index is 12.9. The molecule has 94 valence electrons. The molecular formula is C15H17FN2. The summed E-state index contributed by atoms with van der Waals surface area (Å²) in [6.45, 7) is 2.75. The van der Waals surface area contributed by atoms with Crippen molar-refractivity contribution in [2.24, 2.45) is 0 Å². The molecule has 0 atom stereocenters. The zero-order valence-electron chi connectivity index (χ0n) is 10.4. The molecule has 0 heterocycles. The first-order valence-corrected chi connectivity index (χ1v) is 5.99. The fourth-order valence-electron chi connectivity index (χ4n) is 1.88. The van der Waals surface area contributed by atoms with Crippen molar-refractivity contribution in [1.82, 2.24) is 0 Å². The third kappa shape index (κ3) is 3.23. The molecule has 0 aromatic heterocycles. The van der Waals surface area contributed by atoms with Crippen molar-refractivity contribution in [3.63, 3.8) is 0 Å². The Labute approximate surface area is 107 Å². The lowest BCUT2D eigenvalue weighted by atomic mass is 10.1. The van der Waals surface area contributed by atoms with E-state index in [0.29, 0.717) is 0 Å². The van der Waals surface area contributed by atoms with Gasteiger partial charge in [-0.1, -0.05) is 6.07 Å². The number of nitrogens with two attached hydrogens (primary N) is 1. The first-order chi connectivity index (χ1) is 8.65. The number of rotatable bonds is 4. The predicted octanol–water partition coefficient (Wildman–Crippen LogP) is 3.37. The smallest absolute Gasteiger partial charge is 0.123 e. The molecule has 0 saturated heterocycles. The number of anilines is 2. The van der Waals surface area contributed by atoms with Gasteiger partial charge in [-0.05, 0) is 60.9 Å². The lowest BCUT2D eigenvalue weighted by Crippen LogP contribution is -2.06. The van der Waals surface area contributed by atoms with E-state index in [0.717, 1.165) is 29.9 Å². The van der Waals surface area contributed by atoms with Gasteiger partial charge in [0.15, 0.2) is 0 Å². The SMILES string of the molecule is Cc1cc(F)ccc1CCNc1ccc(N)cc1. The van der Waals surface area contributed by atoms with Gasteiger partial charge in [0.25, 0.3) is 0 Å². The Morgan fingerprint density at radius 2 is 1.83 bits per heavy atom. The number of hydrogen-bond donors (Lipinski definition) is 2. The first-order valence-electron chi connectivity index (χ1n) is 5.99. The van der Waals surface area contributed by atoms with Gasteiger partial charge in [0, 0.05) is 17.9 Å². The van der Waals surface area contributed by atoms with Crippen LogP contribution in [0.4, 0.5) is 15.8 Å². The van der Waals surface area contributed by atoms with Crippen LogP contribution in [0.15, 0.2) is 42.5 Å². The van der Waals surface area contributed by atoms with Crippen molar-refractivity contribution >= 4 is 11.4 Å². The molecule has 0 unspecified atom stereocenters. The van der Waals surface area contributed by atoms with E-state index in [1.54, 1.807) is 6.07 Å². The highest BCUT2D eigenvalue weighted by atomic mass is 19.1. The number of hydrogen-bond acceptors (Lipinski definition) is 2. The maximum atomic E-state index is 12.9. The molecule has 0 amide bonds. The topological polar surface area (TPSA) is 38.0 Å². The third-order valence-corrected chi connectivity index (χ3v) is 2.94. The summed E-state index contributed by atoms with van der Waals surface area (Å²) in [5, 5.41) is 3.31. The van der Waals surface area contributed by atoms with Gasteiger partial charge in [-0.15, -0.1) is 0 Å². The highest BCUT2D eigenvalue weighted by Crippen LogP contribution is 2.13. The standard InChI is InChI=1S/C15H17FN2/c1-11-10-13(16)3-2-12(11)8-9-18-15-6-4-14(17)5-7-15/h2-7,10,18H,8-9,17H2,1H3. The van der Waals surface area contributed by atoms with Crippen LogP contribution in [0.5, 0.6) is 0 Å². The van der Waals surface area contributed by atoms with Crippen LogP contribution in [0.25, 0.3) is 0 Å². The van der Waals surface area contributed by atoms with Gasteiger partial charge in [-0.25, -0.2) is 4.39 Å². The molecule has 0 spiro atoms. The van der Waals surface area contributed by atoms with Crippen LogP contribution in [-0.2, 0) is 6.42 Å². The van der Waals surface area contributed by atoms with Crippen LogP contribution in [0.1, 0.15) is 11.1 Å². The summed E-state index contributed by atoms with van der Waals surface area (Å²) in [5.41, 5.74) is 9.58. The van der Waals surface area contributed by atoms with Gasteiger partial charge in [-0.3, -0.25) is 0 Å². The minimum absolute atomic E-state index is 0.178. The zero-order valence-corrected chi connectivity index (χ0v) is 10.4. The van der Waals surface area contributed by atoms with Gasteiger partial charge in [0.2, 0.25) is 0 Å². The Bertz CT molecular complexity index is 521. The number of nitrogens with one attached hydrogen (secondary N) is 1. The molecule has 0 radical (unpaired) electrons. The van der Waals surface area contributed by atoms with Gasteiger partial charge in [-0.2, -0.15) is 0 Å². The summed E-state index contributed by atoms with van der Waals surface area (Å²) in [7, 11) is 0. The quantitative estimate of drug-likeness (QED) is 0.809. The van der Waals surface area contributed by atoms with Crippen molar-refractivity contribution < 1.29 is 4.39 Å². The molecule has 2 aromatic rings. The number of halogens is 1. The first kappa shape index (κ1) is 12.4. The van der Waals surface area contributed by atoms with Crippen molar-refractivity contribution in [3.05, 3.63) is 59.4 Å².